The zero-order valence-electron chi connectivity index (χ0n) is 45.5. The molecule has 0 aliphatic rings. The Labute approximate surface area is 426 Å². The van der Waals surface area contributed by atoms with E-state index in [4.69, 9.17) is 28.4 Å². The van der Waals surface area contributed by atoms with Gasteiger partial charge in [-0.05, 0) is 107 Å². The molecule has 0 atom stereocenters. The first-order chi connectivity index (χ1) is 34.5. The van der Waals surface area contributed by atoms with Gasteiger partial charge in [-0.1, -0.05) is 196 Å². The molecule has 1 N–H and O–H groups in total. The van der Waals surface area contributed by atoms with Gasteiger partial charge >= 0.3 is 0 Å². The number of fused-ring (bicyclic) bond motifs is 6. The average Bonchev–Trinajstić information content (AvgIpc) is 3.37. The van der Waals surface area contributed by atoms with Crippen LogP contribution in [0.25, 0.3) is 32.3 Å². The molecule has 0 radical (unpaired) electrons. The maximum atomic E-state index is 13.4. The second-order valence-electron chi connectivity index (χ2n) is 19.9. The van der Waals surface area contributed by atoms with Gasteiger partial charge in [0.1, 0.15) is 0 Å². The number of hydrogen-bond donors (Lipinski definition) is 1. The molecular formula is C62H99NO7. The third kappa shape index (κ3) is 21.3. The highest BCUT2D eigenvalue weighted by Crippen LogP contribution is 2.47. The average molecular weight is 970 g/mol. The molecule has 4 aromatic rings. The molecule has 394 valence electrons. The number of hydrogen-bond acceptors (Lipinski definition) is 7. The molecule has 0 heterocycles. The summed E-state index contributed by atoms with van der Waals surface area (Å²) in [6.07, 6.45) is 34.9. The second-order valence-corrected chi connectivity index (χ2v) is 19.9. The number of rotatable bonds is 44. The Bertz CT molecular complexity index is 1960. The fraction of sp³-hybridized carbons (Fsp3) is 0.694. The van der Waals surface area contributed by atoms with Gasteiger partial charge in [0.15, 0.2) is 41.1 Å². The van der Waals surface area contributed by atoms with E-state index in [0.717, 1.165) is 145 Å². The molecule has 0 aromatic heterocycles. The first-order valence-electron chi connectivity index (χ1n) is 29.1. The Kier molecular flexibility index (Phi) is 30.7. The second kappa shape index (κ2) is 36.8. The molecule has 0 aliphatic heterocycles. The van der Waals surface area contributed by atoms with Crippen LogP contribution in [-0.2, 0) is 4.79 Å². The van der Waals surface area contributed by atoms with Crippen molar-refractivity contribution in [2.45, 2.75) is 234 Å². The third-order valence-electron chi connectivity index (χ3n) is 13.6. The Hall–Kier alpha value is -4.07. The van der Waals surface area contributed by atoms with Crippen LogP contribution in [0.3, 0.4) is 0 Å². The minimum Gasteiger partial charge on any atom is -0.490 e. The maximum absolute atomic E-state index is 13.4. The van der Waals surface area contributed by atoms with Crippen molar-refractivity contribution >= 4 is 38.2 Å². The predicted molar refractivity (Wildman–Crippen MR) is 297 cm³/mol. The molecular weight excluding hydrogens is 871 g/mol. The summed E-state index contributed by atoms with van der Waals surface area (Å²) in [6, 6.07) is 13.0. The van der Waals surface area contributed by atoms with E-state index in [9.17, 15) is 4.79 Å². The lowest BCUT2D eigenvalue weighted by Crippen LogP contribution is -2.29. The number of amides is 1. The molecule has 0 saturated carbocycles. The van der Waals surface area contributed by atoms with E-state index in [1.807, 2.05) is 0 Å². The van der Waals surface area contributed by atoms with Crippen LogP contribution in [0.5, 0.6) is 34.5 Å². The van der Waals surface area contributed by atoms with Gasteiger partial charge in [-0.3, -0.25) is 4.79 Å². The molecule has 0 unspecified atom stereocenters. The lowest BCUT2D eigenvalue weighted by molar-refractivity contribution is -0.123. The Morgan fingerprint density at radius 2 is 0.514 bits per heavy atom. The molecule has 0 saturated heterocycles. The SMILES string of the molecule is CCCCCCCCCCCCNC(=O)COc1cc2c3cc(OCCCCCC)c(OCCCCCC)cc3c3cc(OCCCCCC)c(OCCCCCC)cc3c2cc1OCCCCCC. The number of unbranched alkanes of at least 4 members (excludes halogenated alkanes) is 24. The van der Waals surface area contributed by atoms with E-state index < -0.39 is 0 Å². The molecule has 0 aliphatic carbocycles. The normalized spacial score (nSPS) is 11.5. The highest BCUT2D eigenvalue weighted by Gasteiger charge is 2.21. The number of nitrogens with one attached hydrogen (secondary N) is 1. The lowest BCUT2D eigenvalue weighted by atomic mass is 9.93. The van der Waals surface area contributed by atoms with Crippen LogP contribution in [0.2, 0.25) is 0 Å². The number of benzene rings is 4. The molecule has 70 heavy (non-hydrogen) atoms. The van der Waals surface area contributed by atoms with Crippen molar-refractivity contribution in [3.63, 3.8) is 0 Å². The summed E-state index contributed by atoms with van der Waals surface area (Å²) >= 11 is 0. The number of carbonyl (C=O) groups excluding carboxylic acids is 1. The zero-order valence-corrected chi connectivity index (χ0v) is 45.5. The minimum absolute atomic E-state index is 0.0852. The van der Waals surface area contributed by atoms with Crippen molar-refractivity contribution in [3.05, 3.63) is 36.4 Å². The van der Waals surface area contributed by atoms with Crippen molar-refractivity contribution < 1.29 is 33.2 Å². The van der Waals surface area contributed by atoms with E-state index in [0.29, 0.717) is 51.1 Å². The highest BCUT2D eigenvalue weighted by molar-refractivity contribution is 6.26. The summed E-state index contributed by atoms with van der Waals surface area (Å²) in [7, 11) is 0. The molecule has 0 bridgehead atoms. The summed E-state index contributed by atoms with van der Waals surface area (Å²) in [5.74, 6) is 4.15. The Morgan fingerprint density at radius 1 is 0.300 bits per heavy atom. The fourth-order valence-electron chi connectivity index (χ4n) is 9.28. The largest absolute Gasteiger partial charge is 0.490 e. The first kappa shape index (κ1) is 58.5. The quantitative estimate of drug-likeness (QED) is 0.0349. The van der Waals surface area contributed by atoms with Gasteiger partial charge in [0.2, 0.25) is 0 Å². The summed E-state index contributed by atoms with van der Waals surface area (Å²) in [6.45, 7) is 17.1. The van der Waals surface area contributed by atoms with E-state index in [2.05, 4.69) is 83.3 Å². The van der Waals surface area contributed by atoms with Gasteiger partial charge in [0.25, 0.3) is 5.91 Å². The van der Waals surface area contributed by atoms with Crippen molar-refractivity contribution in [2.24, 2.45) is 0 Å². The predicted octanol–water partition coefficient (Wildman–Crippen LogP) is 18.4. The van der Waals surface area contributed by atoms with Crippen molar-refractivity contribution in [2.75, 3.05) is 46.2 Å². The van der Waals surface area contributed by atoms with Crippen LogP contribution in [0.15, 0.2) is 36.4 Å². The Morgan fingerprint density at radius 3 is 0.771 bits per heavy atom. The molecule has 0 spiro atoms. The minimum atomic E-state index is -0.115. The van der Waals surface area contributed by atoms with E-state index in [-0.39, 0.29) is 12.5 Å². The third-order valence-corrected chi connectivity index (χ3v) is 13.6. The van der Waals surface area contributed by atoms with E-state index in [1.54, 1.807) is 0 Å². The van der Waals surface area contributed by atoms with Gasteiger partial charge in [-0.15, -0.1) is 0 Å². The number of ether oxygens (including phenoxy) is 6. The van der Waals surface area contributed by atoms with Crippen molar-refractivity contribution in [1.29, 1.82) is 0 Å². The summed E-state index contributed by atoms with van der Waals surface area (Å²) < 4.78 is 39.8. The van der Waals surface area contributed by atoms with Crippen molar-refractivity contribution in [3.8, 4) is 34.5 Å². The smallest absolute Gasteiger partial charge is 0.257 e. The van der Waals surface area contributed by atoms with Gasteiger partial charge in [0.05, 0.1) is 33.0 Å². The molecule has 8 nitrogen and oxygen atoms in total. The fourth-order valence-corrected chi connectivity index (χ4v) is 9.28. The lowest BCUT2D eigenvalue weighted by Gasteiger charge is -2.21. The zero-order chi connectivity index (χ0) is 49.9. The van der Waals surface area contributed by atoms with Crippen LogP contribution >= 0.6 is 0 Å². The molecule has 4 rings (SSSR count). The standard InChI is InChI=1S/C62H99NO7/c1-7-13-19-25-26-27-28-29-30-31-37-63-62(64)49-70-61-48-55-53-46-59(68-41-35-23-17-11-5)57(66-39-33-21-15-9-3)44-51(53)50-43-56(65-38-32-20-14-8-2)58(67-40-34-22-16-10-4)45-52(50)54(55)47-60(61)69-42-36-24-18-12-6/h43-48H,7-42,49H2,1-6H3,(H,63,64). The van der Waals surface area contributed by atoms with Gasteiger partial charge in [0, 0.05) is 6.54 Å². The van der Waals surface area contributed by atoms with Crippen LogP contribution in [-0.4, -0.2) is 52.1 Å². The highest BCUT2D eigenvalue weighted by atomic mass is 16.5. The maximum Gasteiger partial charge on any atom is 0.257 e. The van der Waals surface area contributed by atoms with Crippen LogP contribution in [0, 0.1) is 0 Å². The molecule has 1 amide bonds. The van der Waals surface area contributed by atoms with Gasteiger partial charge in [-0.25, -0.2) is 0 Å². The monoisotopic (exact) mass is 970 g/mol. The number of carbonyl (C=O) groups is 1. The van der Waals surface area contributed by atoms with Crippen LogP contribution in [0.4, 0.5) is 0 Å². The topological polar surface area (TPSA) is 84.5 Å². The first-order valence-corrected chi connectivity index (χ1v) is 29.1. The van der Waals surface area contributed by atoms with Crippen LogP contribution in [0.1, 0.15) is 234 Å². The summed E-state index contributed by atoms with van der Waals surface area (Å²) in [4.78, 5) is 13.4. The Balaban J connectivity index is 1.80. The summed E-state index contributed by atoms with van der Waals surface area (Å²) in [5.41, 5.74) is 0. The van der Waals surface area contributed by atoms with E-state index in [1.165, 1.54) is 103 Å². The summed E-state index contributed by atoms with van der Waals surface area (Å²) in [5, 5.41) is 9.32. The van der Waals surface area contributed by atoms with Crippen LogP contribution < -0.4 is 33.7 Å². The van der Waals surface area contributed by atoms with Crippen molar-refractivity contribution in [1.82, 2.24) is 5.32 Å². The molecule has 0 fully saturated rings. The van der Waals surface area contributed by atoms with E-state index >= 15 is 0 Å². The van der Waals surface area contributed by atoms with Gasteiger partial charge < -0.3 is 33.7 Å². The molecule has 8 heteroatoms. The molecule has 4 aromatic carbocycles. The van der Waals surface area contributed by atoms with Gasteiger partial charge in [-0.2, -0.15) is 0 Å².